The zero-order valence-electron chi connectivity index (χ0n) is 20.7. The topological polar surface area (TPSA) is 113 Å². The standard InChI is InChI=1S/C28H32N4O4/c1-18-8-7-15-30-24(18)28(35)31-17-19-9-6-12-21(16-19)22-13-14-23(36-22)26(33)32-25(27(34)29-2)20-10-4-3-5-11-20/h6-9,12-16,20,25H,3-5,10-11,17H2,1-2H3,(H,29,34)(H,31,35)(H,32,33)/t25-/m0/s1. The number of hydrogen-bond donors (Lipinski definition) is 3. The van der Waals surface area contributed by atoms with Crippen LogP contribution >= 0.6 is 0 Å². The van der Waals surface area contributed by atoms with Crippen LogP contribution in [0.15, 0.2) is 59.1 Å². The van der Waals surface area contributed by atoms with Crippen LogP contribution in [0.2, 0.25) is 0 Å². The molecule has 0 unspecified atom stereocenters. The number of carbonyl (C=O) groups is 3. The number of nitrogens with one attached hydrogen (secondary N) is 3. The fourth-order valence-corrected chi connectivity index (χ4v) is 4.67. The molecule has 0 saturated heterocycles. The zero-order chi connectivity index (χ0) is 25.5. The summed E-state index contributed by atoms with van der Waals surface area (Å²) < 4.78 is 5.86. The highest BCUT2D eigenvalue weighted by molar-refractivity contribution is 5.96. The first kappa shape index (κ1) is 25.2. The summed E-state index contributed by atoms with van der Waals surface area (Å²) in [5.74, 6) is -0.0210. The second-order valence-electron chi connectivity index (χ2n) is 9.18. The fraction of sp³-hybridized carbons (Fsp3) is 0.357. The molecule has 0 aliphatic heterocycles. The van der Waals surface area contributed by atoms with Gasteiger partial charge in [-0.25, -0.2) is 0 Å². The van der Waals surface area contributed by atoms with Crippen LogP contribution in [-0.4, -0.2) is 35.8 Å². The minimum Gasteiger partial charge on any atom is -0.451 e. The Hall–Kier alpha value is -3.94. The van der Waals surface area contributed by atoms with Gasteiger partial charge in [-0.15, -0.1) is 0 Å². The molecule has 0 bridgehead atoms. The van der Waals surface area contributed by atoms with E-state index in [0.717, 1.165) is 48.8 Å². The molecule has 8 nitrogen and oxygen atoms in total. The van der Waals surface area contributed by atoms with Gasteiger partial charge in [0.25, 0.3) is 11.8 Å². The number of aromatic nitrogens is 1. The van der Waals surface area contributed by atoms with Crippen LogP contribution in [0.4, 0.5) is 0 Å². The van der Waals surface area contributed by atoms with Crippen LogP contribution in [0.5, 0.6) is 0 Å². The summed E-state index contributed by atoms with van der Waals surface area (Å²) in [7, 11) is 1.59. The molecule has 36 heavy (non-hydrogen) atoms. The summed E-state index contributed by atoms with van der Waals surface area (Å²) in [6, 6.07) is 14.0. The highest BCUT2D eigenvalue weighted by Gasteiger charge is 2.31. The molecular formula is C28H32N4O4. The van der Waals surface area contributed by atoms with Crippen molar-refractivity contribution in [2.45, 2.75) is 51.6 Å². The van der Waals surface area contributed by atoms with Gasteiger partial charge in [0.05, 0.1) is 0 Å². The molecule has 1 aliphatic carbocycles. The van der Waals surface area contributed by atoms with E-state index >= 15 is 0 Å². The summed E-state index contributed by atoms with van der Waals surface area (Å²) in [5, 5.41) is 8.45. The molecule has 8 heteroatoms. The van der Waals surface area contributed by atoms with Gasteiger partial charge >= 0.3 is 0 Å². The van der Waals surface area contributed by atoms with Crippen molar-refractivity contribution in [3.8, 4) is 11.3 Å². The maximum atomic E-state index is 12.9. The first-order chi connectivity index (χ1) is 17.5. The third-order valence-corrected chi connectivity index (χ3v) is 6.66. The molecule has 1 fully saturated rings. The highest BCUT2D eigenvalue weighted by Crippen LogP contribution is 2.28. The molecule has 1 atom stereocenters. The lowest BCUT2D eigenvalue weighted by Gasteiger charge is -2.29. The van der Waals surface area contributed by atoms with Crippen LogP contribution < -0.4 is 16.0 Å². The average Bonchev–Trinajstić information content (AvgIpc) is 3.41. The van der Waals surface area contributed by atoms with Gasteiger partial charge in [0.2, 0.25) is 5.91 Å². The largest absolute Gasteiger partial charge is 0.451 e. The predicted molar refractivity (Wildman–Crippen MR) is 136 cm³/mol. The summed E-state index contributed by atoms with van der Waals surface area (Å²) in [4.78, 5) is 42.0. The van der Waals surface area contributed by atoms with E-state index in [-0.39, 0.29) is 23.5 Å². The van der Waals surface area contributed by atoms with E-state index in [1.54, 1.807) is 31.4 Å². The van der Waals surface area contributed by atoms with Crippen molar-refractivity contribution in [1.82, 2.24) is 20.9 Å². The highest BCUT2D eigenvalue weighted by atomic mass is 16.4. The average molecular weight is 489 g/mol. The number of hydrogen-bond acceptors (Lipinski definition) is 5. The summed E-state index contributed by atoms with van der Waals surface area (Å²) in [6.07, 6.45) is 6.74. The smallest absolute Gasteiger partial charge is 0.287 e. The normalized spacial score (nSPS) is 14.6. The lowest BCUT2D eigenvalue weighted by molar-refractivity contribution is -0.124. The Morgan fingerprint density at radius 1 is 1.03 bits per heavy atom. The Morgan fingerprint density at radius 2 is 1.83 bits per heavy atom. The van der Waals surface area contributed by atoms with Crippen molar-refractivity contribution < 1.29 is 18.8 Å². The van der Waals surface area contributed by atoms with Crippen LogP contribution in [0, 0.1) is 12.8 Å². The van der Waals surface area contributed by atoms with Crippen LogP contribution in [0.25, 0.3) is 11.3 Å². The van der Waals surface area contributed by atoms with Crippen molar-refractivity contribution in [2.24, 2.45) is 5.92 Å². The van der Waals surface area contributed by atoms with E-state index in [1.807, 2.05) is 37.3 Å². The van der Waals surface area contributed by atoms with Crippen molar-refractivity contribution in [1.29, 1.82) is 0 Å². The molecule has 0 radical (unpaired) electrons. The van der Waals surface area contributed by atoms with E-state index in [1.165, 1.54) is 0 Å². The van der Waals surface area contributed by atoms with Gasteiger partial charge in [0.1, 0.15) is 17.5 Å². The number of aryl methyl sites for hydroxylation is 1. The van der Waals surface area contributed by atoms with Gasteiger partial charge in [0.15, 0.2) is 5.76 Å². The molecule has 3 amide bonds. The summed E-state index contributed by atoms with van der Waals surface area (Å²) in [6.45, 7) is 2.17. The number of likely N-dealkylation sites (N-methyl/N-ethyl adjacent to an activating group) is 1. The third kappa shape index (κ3) is 6.00. The quantitative estimate of drug-likeness (QED) is 0.444. The van der Waals surface area contributed by atoms with Gasteiger partial charge in [0, 0.05) is 25.4 Å². The van der Waals surface area contributed by atoms with E-state index in [0.29, 0.717) is 18.0 Å². The number of benzene rings is 1. The lowest BCUT2D eigenvalue weighted by Crippen LogP contribution is -2.50. The van der Waals surface area contributed by atoms with Gasteiger partial charge in [-0.2, -0.15) is 0 Å². The lowest BCUT2D eigenvalue weighted by atomic mass is 9.83. The molecule has 0 spiro atoms. The van der Waals surface area contributed by atoms with Crippen LogP contribution in [0.3, 0.4) is 0 Å². The molecule has 3 aromatic rings. The first-order valence-corrected chi connectivity index (χ1v) is 12.4. The van der Waals surface area contributed by atoms with Crippen molar-refractivity contribution in [3.05, 3.63) is 77.3 Å². The number of nitrogens with zero attached hydrogens (tertiary/aromatic N) is 1. The minimum absolute atomic E-state index is 0.124. The van der Waals surface area contributed by atoms with Crippen molar-refractivity contribution in [2.75, 3.05) is 7.05 Å². The molecule has 3 N–H and O–H groups in total. The molecule has 1 saturated carbocycles. The van der Waals surface area contributed by atoms with E-state index in [9.17, 15) is 14.4 Å². The van der Waals surface area contributed by atoms with E-state index in [2.05, 4.69) is 20.9 Å². The Balaban J connectivity index is 1.42. The van der Waals surface area contributed by atoms with Gasteiger partial charge in [-0.1, -0.05) is 43.5 Å². The van der Waals surface area contributed by atoms with E-state index in [4.69, 9.17) is 4.42 Å². The Kier molecular flexibility index (Phi) is 8.15. The number of pyridine rings is 1. The van der Waals surface area contributed by atoms with Crippen LogP contribution in [0.1, 0.15) is 64.3 Å². The summed E-state index contributed by atoms with van der Waals surface area (Å²) in [5.41, 5.74) is 2.88. The molecule has 4 rings (SSSR count). The molecular weight excluding hydrogens is 456 g/mol. The maximum absolute atomic E-state index is 12.9. The van der Waals surface area contributed by atoms with Crippen LogP contribution in [-0.2, 0) is 11.3 Å². The minimum atomic E-state index is -0.578. The van der Waals surface area contributed by atoms with Gasteiger partial charge in [-0.3, -0.25) is 19.4 Å². The maximum Gasteiger partial charge on any atom is 0.287 e. The number of carbonyl (C=O) groups excluding carboxylic acids is 3. The number of amides is 3. The van der Waals surface area contributed by atoms with E-state index < -0.39 is 11.9 Å². The number of furan rings is 1. The van der Waals surface area contributed by atoms with Gasteiger partial charge < -0.3 is 20.4 Å². The molecule has 188 valence electrons. The second-order valence-corrected chi connectivity index (χ2v) is 9.18. The molecule has 1 aromatic carbocycles. The Morgan fingerprint density at radius 3 is 2.58 bits per heavy atom. The third-order valence-electron chi connectivity index (χ3n) is 6.66. The zero-order valence-corrected chi connectivity index (χ0v) is 20.7. The molecule has 1 aliphatic rings. The first-order valence-electron chi connectivity index (χ1n) is 12.4. The predicted octanol–water partition coefficient (Wildman–Crippen LogP) is 4.00. The number of rotatable bonds is 8. The Bertz CT molecular complexity index is 1230. The van der Waals surface area contributed by atoms with Gasteiger partial charge in [-0.05, 0) is 61.1 Å². The van der Waals surface area contributed by atoms with Crippen molar-refractivity contribution in [3.63, 3.8) is 0 Å². The monoisotopic (exact) mass is 488 g/mol. The SMILES string of the molecule is CNC(=O)[C@@H](NC(=O)c1ccc(-c2cccc(CNC(=O)c3ncccc3C)c2)o1)C1CCCCC1. The van der Waals surface area contributed by atoms with Crippen molar-refractivity contribution >= 4 is 17.7 Å². The Labute approximate surface area is 210 Å². The fourth-order valence-electron chi connectivity index (χ4n) is 4.67. The summed E-state index contributed by atoms with van der Waals surface area (Å²) >= 11 is 0. The second kappa shape index (κ2) is 11.7. The molecule has 2 heterocycles. The molecule has 2 aromatic heterocycles.